The summed E-state index contributed by atoms with van der Waals surface area (Å²) in [5.41, 5.74) is 2.57. The lowest BCUT2D eigenvalue weighted by atomic mass is 10.0. The van der Waals surface area contributed by atoms with E-state index in [1.165, 1.54) is 24.0 Å². The number of benzene rings is 1. The van der Waals surface area contributed by atoms with Crippen LogP contribution in [0.5, 0.6) is 0 Å². The molecular weight excluding hydrogens is 269 g/mol. The second-order valence-electron chi connectivity index (χ2n) is 5.08. The Balaban J connectivity index is 1.90. The van der Waals surface area contributed by atoms with Crippen molar-refractivity contribution in [3.8, 4) is 0 Å². The van der Waals surface area contributed by atoms with E-state index < -0.39 is 0 Å². The number of hydrogen-bond acceptors (Lipinski definition) is 2. The molecule has 0 amide bonds. The summed E-state index contributed by atoms with van der Waals surface area (Å²) < 4.78 is 13.0. The number of halogens is 1. The quantitative estimate of drug-likeness (QED) is 0.725. The fraction of sp³-hybridized carbons (Fsp3) is 0.412. The van der Waals surface area contributed by atoms with Crippen molar-refractivity contribution < 1.29 is 4.39 Å². The van der Waals surface area contributed by atoms with Gasteiger partial charge in [0.2, 0.25) is 0 Å². The Morgan fingerprint density at radius 3 is 2.65 bits per heavy atom. The molecule has 1 unspecified atom stereocenters. The molecule has 0 aliphatic heterocycles. The van der Waals surface area contributed by atoms with Gasteiger partial charge in [-0.05, 0) is 59.5 Å². The molecule has 0 saturated heterocycles. The van der Waals surface area contributed by atoms with Gasteiger partial charge in [-0.2, -0.15) is 11.3 Å². The largest absolute Gasteiger partial charge is 0.310 e. The molecule has 1 aromatic carbocycles. The molecular formula is C17H22FNS. The number of hydrogen-bond donors (Lipinski definition) is 1. The van der Waals surface area contributed by atoms with E-state index in [4.69, 9.17) is 0 Å². The lowest BCUT2D eigenvalue weighted by Gasteiger charge is -2.19. The fourth-order valence-corrected chi connectivity index (χ4v) is 3.02. The van der Waals surface area contributed by atoms with Crippen LogP contribution >= 0.6 is 11.3 Å². The van der Waals surface area contributed by atoms with E-state index in [0.29, 0.717) is 6.04 Å². The minimum atomic E-state index is -0.165. The highest BCUT2D eigenvalue weighted by Crippen LogP contribution is 2.20. The van der Waals surface area contributed by atoms with Crippen molar-refractivity contribution in [1.29, 1.82) is 0 Å². The van der Waals surface area contributed by atoms with E-state index in [1.807, 2.05) is 12.1 Å². The Morgan fingerprint density at radius 2 is 2.00 bits per heavy atom. The molecule has 0 spiro atoms. The molecule has 0 fully saturated rings. The third-order valence-corrected chi connectivity index (χ3v) is 4.24. The van der Waals surface area contributed by atoms with E-state index in [9.17, 15) is 4.39 Å². The minimum absolute atomic E-state index is 0.165. The van der Waals surface area contributed by atoms with Gasteiger partial charge in [-0.1, -0.05) is 31.9 Å². The predicted molar refractivity (Wildman–Crippen MR) is 84.7 cm³/mol. The average molecular weight is 291 g/mol. The van der Waals surface area contributed by atoms with Crippen LogP contribution in [-0.2, 0) is 6.42 Å². The molecule has 20 heavy (non-hydrogen) atoms. The van der Waals surface area contributed by atoms with E-state index in [-0.39, 0.29) is 5.82 Å². The summed E-state index contributed by atoms with van der Waals surface area (Å²) in [5, 5.41) is 7.92. The smallest absolute Gasteiger partial charge is 0.123 e. The van der Waals surface area contributed by atoms with Crippen LogP contribution in [0.15, 0.2) is 41.1 Å². The molecule has 108 valence electrons. The monoisotopic (exact) mass is 291 g/mol. The van der Waals surface area contributed by atoms with Gasteiger partial charge in [0.25, 0.3) is 0 Å². The van der Waals surface area contributed by atoms with Gasteiger partial charge in [0.1, 0.15) is 5.82 Å². The van der Waals surface area contributed by atoms with Crippen molar-refractivity contribution in [3.63, 3.8) is 0 Å². The molecule has 0 aliphatic carbocycles. The lowest BCUT2D eigenvalue weighted by Crippen LogP contribution is -2.23. The van der Waals surface area contributed by atoms with Crippen LogP contribution in [0.2, 0.25) is 0 Å². The molecule has 0 radical (unpaired) electrons. The van der Waals surface area contributed by atoms with Gasteiger partial charge in [-0.3, -0.25) is 0 Å². The first-order valence-electron chi connectivity index (χ1n) is 7.29. The summed E-state index contributed by atoms with van der Waals surface area (Å²) in [7, 11) is 0. The topological polar surface area (TPSA) is 12.0 Å². The van der Waals surface area contributed by atoms with Crippen molar-refractivity contribution in [2.75, 3.05) is 6.54 Å². The molecule has 1 N–H and O–H groups in total. The molecule has 2 rings (SSSR count). The molecule has 0 aliphatic rings. The zero-order valence-electron chi connectivity index (χ0n) is 11.9. The molecule has 1 heterocycles. The average Bonchev–Trinajstić information content (AvgIpc) is 2.97. The fourth-order valence-electron chi connectivity index (χ4n) is 2.32. The van der Waals surface area contributed by atoms with Crippen LogP contribution in [-0.4, -0.2) is 6.54 Å². The zero-order valence-corrected chi connectivity index (χ0v) is 12.8. The Labute approximate surface area is 124 Å². The minimum Gasteiger partial charge on any atom is -0.310 e. The number of rotatable bonds is 8. The van der Waals surface area contributed by atoms with Crippen LogP contribution in [0.4, 0.5) is 4.39 Å². The first kappa shape index (κ1) is 15.2. The second kappa shape index (κ2) is 8.18. The van der Waals surface area contributed by atoms with E-state index in [0.717, 1.165) is 19.4 Å². The highest BCUT2D eigenvalue weighted by Gasteiger charge is 2.10. The van der Waals surface area contributed by atoms with E-state index >= 15 is 0 Å². The van der Waals surface area contributed by atoms with Gasteiger partial charge >= 0.3 is 0 Å². The maximum Gasteiger partial charge on any atom is 0.123 e. The summed E-state index contributed by atoms with van der Waals surface area (Å²) in [6, 6.07) is 9.39. The lowest BCUT2D eigenvalue weighted by molar-refractivity contribution is 0.483. The van der Waals surface area contributed by atoms with Crippen LogP contribution in [0.1, 0.15) is 43.4 Å². The van der Waals surface area contributed by atoms with Crippen LogP contribution in [0.25, 0.3) is 0 Å². The summed E-state index contributed by atoms with van der Waals surface area (Å²) in [6.07, 6.45) is 4.52. The third kappa shape index (κ3) is 4.73. The van der Waals surface area contributed by atoms with Crippen molar-refractivity contribution in [3.05, 3.63) is 58.0 Å². The molecule has 1 aromatic heterocycles. The van der Waals surface area contributed by atoms with Crippen LogP contribution in [0, 0.1) is 5.82 Å². The van der Waals surface area contributed by atoms with Gasteiger partial charge in [-0.25, -0.2) is 4.39 Å². The molecule has 3 heteroatoms. The third-order valence-electron chi connectivity index (χ3n) is 3.50. The summed E-state index contributed by atoms with van der Waals surface area (Å²) >= 11 is 1.74. The summed E-state index contributed by atoms with van der Waals surface area (Å²) in [5.74, 6) is -0.165. The maximum atomic E-state index is 13.0. The molecule has 0 bridgehead atoms. The normalized spacial score (nSPS) is 12.5. The molecule has 2 aromatic rings. The molecule has 0 saturated carbocycles. The predicted octanol–water partition coefficient (Wildman–Crippen LogP) is 4.95. The van der Waals surface area contributed by atoms with Gasteiger partial charge < -0.3 is 5.32 Å². The molecule has 1 atom stereocenters. The second-order valence-corrected chi connectivity index (χ2v) is 5.86. The highest BCUT2D eigenvalue weighted by molar-refractivity contribution is 7.07. The first-order valence-corrected chi connectivity index (χ1v) is 8.24. The van der Waals surface area contributed by atoms with Crippen LogP contribution < -0.4 is 5.32 Å². The Morgan fingerprint density at radius 1 is 1.20 bits per heavy atom. The van der Waals surface area contributed by atoms with Crippen LogP contribution in [0.3, 0.4) is 0 Å². The van der Waals surface area contributed by atoms with Crippen molar-refractivity contribution in [2.45, 2.75) is 38.6 Å². The van der Waals surface area contributed by atoms with E-state index in [1.54, 1.807) is 23.5 Å². The van der Waals surface area contributed by atoms with E-state index in [2.05, 4.69) is 29.1 Å². The van der Waals surface area contributed by atoms with Crippen molar-refractivity contribution >= 4 is 11.3 Å². The number of nitrogens with one attached hydrogen (secondary N) is 1. The zero-order chi connectivity index (χ0) is 14.2. The maximum absolute atomic E-state index is 13.0. The highest BCUT2D eigenvalue weighted by atomic mass is 32.1. The number of unbranched alkanes of at least 4 members (excludes halogenated alkanes) is 1. The Hall–Kier alpha value is -1.19. The first-order chi connectivity index (χ1) is 9.79. The summed E-state index contributed by atoms with van der Waals surface area (Å²) in [4.78, 5) is 0. The van der Waals surface area contributed by atoms with Gasteiger partial charge in [0.15, 0.2) is 0 Å². The van der Waals surface area contributed by atoms with Crippen molar-refractivity contribution in [2.24, 2.45) is 0 Å². The van der Waals surface area contributed by atoms with Crippen molar-refractivity contribution in [1.82, 2.24) is 5.32 Å². The Bertz CT molecular complexity index is 478. The molecule has 1 nitrogen and oxygen atoms in total. The standard InChI is InChI=1S/C17H22FNS/c1-2-3-4-17(15-5-7-16(18)8-6-15)19-11-9-14-10-12-20-13-14/h5-8,10,12-13,17,19H,2-4,9,11H2,1H3. The van der Waals surface area contributed by atoms with Gasteiger partial charge in [-0.15, -0.1) is 0 Å². The Kier molecular flexibility index (Phi) is 6.22. The number of thiophene rings is 1. The SMILES string of the molecule is CCCCC(NCCc1ccsc1)c1ccc(F)cc1. The summed E-state index contributed by atoms with van der Waals surface area (Å²) in [6.45, 7) is 3.16. The van der Waals surface area contributed by atoms with Gasteiger partial charge in [0.05, 0.1) is 0 Å². The van der Waals surface area contributed by atoms with Gasteiger partial charge in [0, 0.05) is 6.04 Å².